The molecular weight excluding hydrogens is 489 g/mol. The van der Waals surface area contributed by atoms with Gasteiger partial charge in [-0.15, -0.1) is 0 Å². The molecule has 0 aliphatic heterocycles. The molecule has 0 spiro atoms. The third-order valence-electron chi connectivity index (χ3n) is 5.44. The average Bonchev–Trinajstić information content (AvgIpc) is 2.74. The summed E-state index contributed by atoms with van der Waals surface area (Å²) < 4.78 is 12.3. The van der Waals surface area contributed by atoms with E-state index in [1.165, 1.54) is 61.4 Å². The molecule has 1 unspecified atom stereocenters. The fourth-order valence-electron chi connectivity index (χ4n) is 3.52. The molecular formula is C25H42INO3. The van der Waals surface area contributed by atoms with E-state index in [4.69, 9.17) is 9.47 Å². The van der Waals surface area contributed by atoms with E-state index >= 15 is 0 Å². The Kier molecular flexibility index (Phi) is 16.2. The number of unbranched alkanes of at least 4 members (excludes halogenated alkanes) is 9. The highest BCUT2D eigenvalue weighted by atomic mass is 127. The molecule has 5 heteroatoms. The molecule has 0 radical (unpaired) electrons. The summed E-state index contributed by atoms with van der Waals surface area (Å²) in [6.45, 7) is 8.70. The summed E-state index contributed by atoms with van der Waals surface area (Å²) in [5, 5.41) is 0. The molecule has 0 saturated heterocycles. The van der Waals surface area contributed by atoms with Gasteiger partial charge in [0, 0.05) is 10.1 Å². The second kappa shape index (κ2) is 17.8. The first kappa shape index (κ1) is 27.2. The third kappa shape index (κ3) is 12.8. The van der Waals surface area contributed by atoms with Gasteiger partial charge in [-0.05, 0) is 73.7 Å². The van der Waals surface area contributed by atoms with E-state index in [1.807, 2.05) is 38.1 Å². The molecule has 30 heavy (non-hydrogen) atoms. The molecule has 0 aliphatic rings. The van der Waals surface area contributed by atoms with Crippen LogP contribution in [0.3, 0.4) is 0 Å². The van der Waals surface area contributed by atoms with Gasteiger partial charge in [-0.25, -0.2) is 0 Å². The highest BCUT2D eigenvalue weighted by molar-refractivity contribution is 14.1. The number of esters is 1. The standard InChI is InChI=1S/C25H42INO3/c1-4-6-7-8-9-10-11-12-13-14-19-27(22(3)25(28)29-5-2)20-21-30-24-17-15-23(26)16-18-24/h15-18,22H,4-14,19-21H2,1-3H3. The van der Waals surface area contributed by atoms with Gasteiger partial charge in [0.2, 0.25) is 0 Å². The summed E-state index contributed by atoms with van der Waals surface area (Å²) in [5.74, 6) is 0.733. The Hall–Kier alpha value is -0.820. The predicted octanol–water partition coefficient (Wildman–Crippen LogP) is 6.84. The zero-order valence-electron chi connectivity index (χ0n) is 19.3. The van der Waals surface area contributed by atoms with Gasteiger partial charge in [0.25, 0.3) is 0 Å². The fraction of sp³-hybridized carbons (Fsp3) is 0.720. The van der Waals surface area contributed by atoms with Gasteiger partial charge in [-0.3, -0.25) is 9.69 Å². The summed E-state index contributed by atoms with van der Waals surface area (Å²) in [6.07, 6.45) is 13.2. The first-order valence-corrected chi connectivity index (χ1v) is 12.9. The van der Waals surface area contributed by atoms with Crippen molar-refractivity contribution >= 4 is 28.6 Å². The van der Waals surface area contributed by atoms with Crippen molar-refractivity contribution in [3.05, 3.63) is 27.8 Å². The van der Waals surface area contributed by atoms with E-state index in [2.05, 4.69) is 34.4 Å². The van der Waals surface area contributed by atoms with Crippen LogP contribution in [-0.2, 0) is 9.53 Å². The van der Waals surface area contributed by atoms with E-state index in [9.17, 15) is 4.79 Å². The highest BCUT2D eigenvalue weighted by Gasteiger charge is 2.22. The van der Waals surface area contributed by atoms with Crippen LogP contribution in [0.15, 0.2) is 24.3 Å². The van der Waals surface area contributed by atoms with Crippen LogP contribution in [0.4, 0.5) is 0 Å². The summed E-state index contributed by atoms with van der Waals surface area (Å²) in [4.78, 5) is 14.4. The van der Waals surface area contributed by atoms with E-state index in [0.717, 1.165) is 25.3 Å². The van der Waals surface area contributed by atoms with Gasteiger partial charge < -0.3 is 9.47 Å². The molecule has 0 N–H and O–H groups in total. The topological polar surface area (TPSA) is 38.8 Å². The smallest absolute Gasteiger partial charge is 0.323 e. The number of rotatable bonds is 18. The summed E-state index contributed by atoms with van der Waals surface area (Å²) >= 11 is 2.29. The lowest BCUT2D eigenvalue weighted by molar-refractivity contribution is -0.149. The fourth-order valence-corrected chi connectivity index (χ4v) is 3.88. The molecule has 0 heterocycles. The van der Waals surface area contributed by atoms with Gasteiger partial charge >= 0.3 is 5.97 Å². The van der Waals surface area contributed by atoms with Crippen LogP contribution in [0.1, 0.15) is 85.0 Å². The van der Waals surface area contributed by atoms with Gasteiger partial charge in [-0.1, -0.05) is 64.7 Å². The molecule has 0 aromatic heterocycles. The van der Waals surface area contributed by atoms with Crippen molar-refractivity contribution in [2.24, 2.45) is 0 Å². The molecule has 0 fully saturated rings. The van der Waals surface area contributed by atoms with Crippen LogP contribution >= 0.6 is 22.6 Å². The minimum atomic E-state index is -0.233. The molecule has 0 bridgehead atoms. The molecule has 1 aromatic rings. The van der Waals surface area contributed by atoms with Crippen LogP contribution in [-0.4, -0.2) is 43.2 Å². The van der Waals surface area contributed by atoms with E-state index in [0.29, 0.717) is 13.2 Å². The minimum absolute atomic E-state index is 0.140. The Labute approximate surface area is 198 Å². The van der Waals surface area contributed by atoms with Crippen molar-refractivity contribution in [1.29, 1.82) is 0 Å². The maximum absolute atomic E-state index is 12.2. The van der Waals surface area contributed by atoms with Crippen molar-refractivity contribution in [2.75, 3.05) is 26.3 Å². The normalized spacial score (nSPS) is 12.2. The number of carbonyl (C=O) groups excluding carboxylic acids is 1. The first-order valence-electron chi connectivity index (χ1n) is 11.9. The average molecular weight is 532 g/mol. The maximum Gasteiger partial charge on any atom is 0.323 e. The molecule has 1 atom stereocenters. The largest absolute Gasteiger partial charge is 0.492 e. The minimum Gasteiger partial charge on any atom is -0.492 e. The Balaban J connectivity index is 2.31. The lowest BCUT2D eigenvalue weighted by Crippen LogP contribution is -2.42. The zero-order chi connectivity index (χ0) is 22.0. The maximum atomic E-state index is 12.2. The first-order chi connectivity index (χ1) is 14.6. The Bertz CT molecular complexity index is 550. The van der Waals surface area contributed by atoms with Crippen molar-refractivity contribution in [3.8, 4) is 5.75 Å². The van der Waals surface area contributed by atoms with Crippen LogP contribution in [0.2, 0.25) is 0 Å². The Morgan fingerprint density at radius 1 is 0.900 bits per heavy atom. The van der Waals surface area contributed by atoms with Crippen molar-refractivity contribution < 1.29 is 14.3 Å². The van der Waals surface area contributed by atoms with Crippen LogP contribution in [0.25, 0.3) is 0 Å². The molecule has 172 valence electrons. The van der Waals surface area contributed by atoms with Gasteiger partial charge in [0.1, 0.15) is 18.4 Å². The second-order valence-electron chi connectivity index (χ2n) is 7.95. The Morgan fingerprint density at radius 2 is 1.47 bits per heavy atom. The quantitative estimate of drug-likeness (QED) is 0.118. The number of halogens is 1. The molecule has 1 rings (SSSR count). The number of hydrogen-bond acceptors (Lipinski definition) is 4. The van der Waals surface area contributed by atoms with Crippen molar-refractivity contribution in [3.63, 3.8) is 0 Å². The van der Waals surface area contributed by atoms with Crippen LogP contribution in [0, 0.1) is 3.57 Å². The van der Waals surface area contributed by atoms with E-state index in [-0.39, 0.29) is 12.0 Å². The van der Waals surface area contributed by atoms with Gasteiger partial charge in [0.15, 0.2) is 0 Å². The highest BCUT2D eigenvalue weighted by Crippen LogP contribution is 2.15. The number of nitrogens with zero attached hydrogens (tertiary/aromatic N) is 1. The SMILES string of the molecule is CCCCCCCCCCCCN(CCOc1ccc(I)cc1)C(C)C(=O)OCC. The molecule has 0 amide bonds. The third-order valence-corrected chi connectivity index (χ3v) is 6.15. The lowest BCUT2D eigenvalue weighted by Gasteiger charge is -2.27. The predicted molar refractivity (Wildman–Crippen MR) is 134 cm³/mol. The molecule has 0 saturated carbocycles. The van der Waals surface area contributed by atoms with E-state index < -0.39 is 0 Å². The number of ether oxygens (including phenoxy) is 2. The van der Waals surface area contributed by atoms with Gasteiger partial charge in [0.05, 0.1) is 6.61 Å². The monoisotopic (exact) mass is 531 g/mol. The second-order valence-corrected chi connectivity index (χ2v) is 9.19. The van der Waals surface area contributed by atoms with Crippen molar-refractivity contribution in [2.45, 2.75) is 91.0 Å². The molecule has 0 aliphatic carbocycles. The molecule has 4 nitrogen and oxygen atoms in total. The van der Waals surface area contributed by atoms with E-state index in [1.54, 1.807) is 0 Å². The lowest BCUT2D eigenvalue weighted by atomic mass is 10.1. The molecule has 1 aromatic carbocycles. The number of carbonyl (C=O) groups is 1. The summed E-state index contributed by atoms with van der Waals surface area (Å²) in [7, 11) is 0. The van der Waals surface area contributed by atoms with Crippen molar-refractivity contribution in [1.82, 2.24) is 4.90 Å². The summed E-state index contributed by atoms with van der Waals surface area (Å²) in [5.41, 5.74) is 0. The number of benzene rings is 1. The van der Waals surface area contributed by atoms with Crippen LogP contribution < -0.4 is 4.74 Å². The summed E-state index contributed by atoms with van der Waals surface area (Å²) in [6, 6.07) is 7.83. The Morgan fingerprint density at radius 3 is 2.03 bits per heavy atom. The zero-order valence-corrected chi connectivity index (χ0v) is 21.5. The van der Waals surface area contributed by atoms with Gasteiger partial charge in [-0.2, -0.15) is 0 Å². The number of hydrogen-bond donors (Lipinski definition) is 0. The van der Waals surface area contributed by atoms with Crippen LogP contribution in [0.5, 0.6) is 5.75 Å².